The second kappa shape index (κ2) is 5.13. The zero-order chi connectivity index (χ0) is 7.98. The van der Waals surface area contributed by atoms with Crippen LogP contribution in [0.4, 0.5) is 0 Å². The molecule has 0 aromatic carbocycles. The maximum atomic E-state index is 9.79. The van der Waals surface area contributed by atoms with Crippen LogP contribution in [0.15, 0.2) is 0 Å². The van der Waals surface area contributed by atoms with E-state index >= 15 is 0 Å². The predicted molar refractivity (Wildman–Crippen MR) is 33.9 cm³/mol. The lowest BCUT2D eigenvalue weighted by Crippen LogP contribution is -2.17. The average Bonchev–Trinajstić information content (AvgIpc) is 1.88. The topological polar surface area (TPSA) is 83.6 Å². The first-order valence-corrected chi connectivity index (χ1v) is 3.11. The van der Waals surface area contributed by atoms with E-state index in [1.807, 2.05) is 0 Å². The summed E-state index contributed by atoms with van der Waals surface area (Å²) in [7, 11) is 0. The third kappa shape index (κ3) is 4.22. The Morgan fingerprint density at radius 2 is 2.10 bits per heavy atom. The molecule has 2 N–H and O–H groups in total. The van der Waals surface area contributed by atoms with Crippen LogP contribution in [0.1, 0.15) is 19.3 Å². The number of rotatable bonds is 5. The second-order valence-electron chi connectivity index (χ2n) is 1.99. The molecular weight excluding hydrogens is 138 g/mol. The highest BCUT2D eigenvalue weighted by Crippen LogP contribution is 1.99. The van der Waals surface area contributed by atoms with E-state index in [4.69, 9.17) is 10.2 Å². The molecule has 0 aliphatic heterocycles. The Labute approximate surface area is 58.4 Å². The van der Waals surface area contributed by atoms with Gasteiger partial charge in [-0.2, -0.15) is 0 Å². The molecule has 0 aliphatic rings. The van der Waals surface area contributed by atoms with Crippen molar-refractivity contribution in [1.29, 1.82) is 0 Å². The minimum absolute atomic E-state index is 0.0183. The smallest absolute Gasteiger partial charge is 0.312 e. The van der Waals surface area contributed by atoms with Crippen LogP contribution in [0.5, 0.6) is 0 Å². The largest absolute Gasteiger partial charge is 0.396 e. The third-order valence-corrected chi connectivity index (χ3v) is 1.11. The highest BCUT2D eigenvalue weighted by Gasteiger charge is 2.12. The molecule has 0 spiro atoms. The minimum atomic E-state index is -1.47. The molecular formula is C5H11NO4. The monoisotopic (exact) mass is 149 g/mol. The van der Waals surface area contributed by atoms with Crippen LogP contribution < -0.4 is 0 Å². The molecule has 0 saturated carbocycles. The van der Waals surface area contributed by atoms with Crippen molar-refractivity contribution in [2.45, 2.75) is 25.5 Å². The van der Waals surface area contributed by atoms with Gasteiger partial charge in [-0.3, -0.25) is 10.1 Å². The van der Waals surface area contributed by atoms with Crippen molar-refractivity contribution in [3.63, 3.8) is 0 Å². The van der Waals surface area contributed by atoms with Gasteiger partial charge in [0.15, 0.2) is 0 Å². The molecule has 0 rings (SSSR count). The molecule has 0 amide bonds. The SMILES string of the molecule is O=[N+]([O-])C(O)CCCCO. The number of unbranched alkanes of at least 4 members (excludes halogenated alkanes) is 1. The van der Waals surface area contributed by atoms with Gasteiger partial charge in [-0.1, -0.05) is 0 Å². The molecule has 0 saturated heterocycles. The summed E-state index contributed by atoms with van der Waals surface area (Å²) in [6.07, 6.45) is -0.358. The Hall–Kier alpha value is -0.680. The molecule has 0 aromatic heterocycles. The standard InChI is InChI=1S/C5H11NO4/c7-4-2-1-3-5(8)6(9)10/h5,7-8H,1-4H2. The number of nitrogens with zero attached hydrogens (tertiary/aromatic N) is 1. The second-order valence-corrected chi connectivity index (χ2v) is 1.99. The van der Waals surface area contributed by atoms with Gasteiger partial charge in [0.2, 0.25) is 0 Å². The van der Waals surface area contributed by atoms with Crippen LogP contribution in [-0.2, 0) is 0 Å². The molecule has 10 heavy (non-hydrogen) atoms. The molecule has 5 nitrogen and oxygen atoms in total. The van der Waals surface area contributed by atoms with Crippen LogP contribution in [0.25, 0.3) is 0 Å². The molecule has 1 atom stereocenters. The normalized spacial score (nSPS) is 13.0. The zero-order valence-electron chi connectivity index (χ0n) is 5.56. The number of nitro groups is 1. The van der Waals surface area contributed by atoms with Crippen LogP contribution in [-0.4, -0.2) is 28.0 Å². The van der Waals surface area contributed by atoms with E-state index in [0.717, 1.165) is 0 Å². The first kappa shape index (κ1) is 9.32. The zero-order valence-corrected chi connectivity index (χ0v) is 5.56. The summed E-state index contributed by atoms with van der Waals surface area (Å²) in [5, 5.41) is 26.6. The Morgan fingerprint density at radius 3 is 2.50 bits per heavy atom. The molecule has 0 bridgehead atoms. The van der Waals surface area contributed by atoms with Crippen LogP contribution in [0, 0.1) is 10.1 Å². The summed E-state index contributed by atoms with van der Waals surface area (Å²) in [6.45, 7) is 0.0183. The van der Waals surface area contributed by atoms with Crippen molar-refractivity contribution >= 4 is 0 Å². The highest BCUT2D eigenvalue weighted by atomic mass is 16.7. The van der Waals surface area contributed by atoms with Gasteiger partial charge in [0, 0.05) is 13.0 Å². The summed E-state index contributed by atoms with van der Waals surface area (Å²) < 4.78 is 0. The maximum Gasteiger partial charge on any atom is 0.312 e. The lowest BCUT2D eigenvalue weighted by molar-refractivity contribution is -0.571. The number of aliphatic hydroxyl groups is 2. The van der Waals surface area contributed by atoms with Crippen LogP contribution in [0.2, 0.25) is 0 Å². The summed E-state index contributed by atoms with van der Waals surface area (Å²) in [6, 6.07) is 0. The van der Waals surface area contributed by atoms with Crippen LogP contribution >= 0.6 is 0 Å². The lowest BCUT2D eigenvalue weighted by atomic mass is 10.2. The molecule has 0 aliphatic carbocycles. The molecule has 0 fully saturated rings. The van der Waals surface area contributed by atoms with Crippen molar-refractivity contribution in [1.82, 2.24) is 0 Å². The van der Waals surface area contributed by atoms with Gasteiger partial charge in [-0.05, 0) is 12.8 Å². The summed E-state index contributed by atoms with van der Waals surface area (Å²) >= 11 is 0. The highest BCUT2D eigenvalue weighted by molar-refractivity contribution is 4.42. The fourth-order valence-electron chi connectivity index (χ4n) is 0.544. The maximum absolute atomic E-state index is 9.79. The Morgan fingerprint density at radius 1 is 1.50 bits per heavy atom. The number of aliphatic hydroxyl groups excluding tert-OH is 2. The Bertz CT molecular complexity index is 106. The lowest BCUT2D eigenvalue weighted by Gasteiger charge is -1.99. The van der Waals surface area contributed by atoms with Crippen molar-refractivity contribution < 1.29 is 15.1 Å². The van der Waals surface area contributed by atoms with E-state index in [1.165, 1.54) is 0 Å². The van der Waals surface area contributed by atoms with Crippen LogP contribution in [0.3, 0.4) is 0 Å². The summed E-state index contributed by atoms with van der Waals surface area (Å²) in [4.78, 5) is 9.05. The summed E-state index contributed by atoms with van der Waals surface area (Å²) in [5.74, 6) is 0. The number of hydrogen-bond acceptors (Lipinski definition) is 4. The minimum Gasteiger partial charge on any atom is -0.396 e. The summed E-state index contributed by atoms with van der Waals surface area (Å²) in [5.41, 5.74) is 0. The van der Waals surface area contributed by atoms with Crippen molar-refractivity contribution in [3.8, 4) is 0 Å². The Kier molecular flexibility index (Phi) is 4.78. The first-order chi connectivity index (χ1) is 4.68. The molecule has 0 heterocycles. The van der Waals surface area contributed by atoms with Gasteiger partial charge < -0.3 is 10.2 Å². The van der Waals surface area contributed by atoms with Gasteiger partial charge >= 0.3 is 6.23 Å². The molecule has 0 aromatic rings. The van der Waals surface area contributed by atoms with E-state index in [2.05, 4.69) is 0 Å². The molecule has 0 radical (unpaired) electrons. The quantitative estimate of drug-likeness (QED) is 0.244. The predicted octanol–water partition coefficient (Wildman–Crippen LogP) is -0.256. The van der Waals surface area contributed by atoms with Gasteiger partial charge in [-0.25, -0.2) is 0 Å². The van der Waals surface area contributed by atoms with Crippen molar-refractivity contribution in [2.24, 2.45) is 0 Å². The van der Waals surface area contributed by atoms with E-state index in [-0.39, 0.29) is 13.0 Å². The number of hydrogen-bond donors (Lipinski definition) is 2. The van der Waals surface area contributed by atoms with Gasteiger partial charge in [-0.15, -0.1) is 0 Å². The van der Waals surface area contributed by atoms with E-state index < -0.39 is 11.2 Å². The third-order valence-electron chi connectivity index (χ3n) is 1.11. The van der Waals surface area contributed by atoms with E-state index in [9.17, 15) is 10.1 Å². The Balaban J connectivity index is 3.21. The van der Waals surface area contributed by atoms with Gasteiger partial charge in [0.25, 0.3) is 0 Å². The fraction of sp³-hybridized carbons (Fsp3) is 1.00. The first-order valence-electron chi connectivity index (χ1n) is 3.11. The van der Waals surface area contributed by atoms with Crippen molar-refractivity contribution in [3.05, 3.63) is 10.1 Å². The average molecular weight is 149 g/mol. The van der Waals surface area contributed by atoms with E-state index in [0.29, 0.717) is 12.8 Å². The molecule has 1 unspecified atom stereocenters. The van der Waals surface area contributed by atoms with Gasteiger partial charge in [0.05, 0.1) is 4.92 Å². The van der Waals surface area contributed by atoms with Crippen molar-refractivity contribution in [2.75, 3.05) is 6.61 Å². The fourth-order valence-corrected chi connectivity index (χ4v) is 0.544. The van der Waals surface area contributed by atoms with E-state index in [1.54, 1.807) is 0 Å². The van der Waals surface area contributed by atoms with Gasteiger partial charge in [0.1, 0.15) is 0 Å². The molecule has 5 heteroatoms. The molecule has 60 valence electrons.